The zero-order valence-corrected chi connectivity index (χ0v) is 11.6. The molecule has 0 radical (unpaired) electrons. The highest BCUT2D eigenvalue weighted by Crippen LogP contribution is 2.15. The predicted octanol–water partition coefficient (Wildman–Crippen LogP) is 1.54. The lowest BCUT2D eigenvalue weighted by Gasteiger charge is -2.06. The number of aryl methyl sites for hydroxylation is 2. The summed E-state index contributed by atoms with van der Waals surface area (Å²) < 4.78 is 0. The van der Waals surface area contributed by atoms with Gasteiger partial charge in [0.25, 0.3) is 0 Å². The molecule has 0 aliphatic rings. The van der Waals surface area contributed by atoms with E-state index in [1.807, 2.05) is 0 Å². The molecular weight excluding hydrogens is 238 g/mol. The third kappa shape index (κ3) is 3.86. The molecule has 5 heteroatoms. The number of hydrogen-bond donors (Lipinski definition) is 1. The lowest BCUT2D eigenvalue weighted by Crippen LogP contribution is -2.12. The molecule has 0 amide bonds. The summed E-state index contributed by atoms with van der Waals surface area (Å²) in [7, 11) is 0. The number of benzene rings is 1. The van der Waals surface area contributed by atoms with Crippen LogP contribution in [0, 0.1) is 0 Å². The van der Waals surface area contributed by atoms with Crippen LogP contribution in [-0.4, -0.2) is 26.8 Å². The van der Waals surface area contributed by atoms with Gasteiger partial charge in [-0.25, -0.2) is 0 Å². The molecule has 102 valence electrons. The van der Waals surface area contributed by atoms with Gasteiger partial charge in [-0.05, 0) is 28.7 Å². The van der Waals surface area contributed by atoms with E-state index in [1.54, 1.807) is 4.80 Å². The van der Waals surface area contributed by atoms with Crippen LogP contribution in [-0.2, 0) is 19.4 Å². The normalized spacial score (nSPS) is 11.2. The summed E-state index contributed by atoms with van der Waals surface area (Å²) in [5, 5.41) is 12.2. The maximum absolute atomic E-state index is 5.44. The molecule has 0 aliphatic heterocycles. The summed E-state index contributed by atoms with van der Waals surface area (Å²) >= 11 is 0. The first kappa shape index (κ1) is 13.7. The fourth-order valence-corrected chi connectivity index (χ4v) is 1.91. The summed E-state index contributed by atoms with van der Waals surface area (Å²) in [6.07, 6.45) is 1.75. The van der Waals surface area contributed by atoms with Crippen molar-refractivity contribution < 1.29 is 0 Å². The number of rotatable bonds is 6. The van der Waals surface area contributed by atoms with Gasteiger partial charge in [0, 0.05) is 13.0 Å². The minimum absolute atomic E-state index is 0.534. The predicted molar refractivity (Wildman–Crippen MR) is 74.8 cm³/mol. The summed E-state index contributed by atoms with van der Waals surface area (Å²) in [6.45, 7) is 5.56. The Kier molecular flexibility index (Phi) is 4.63. The zero-order valence-electron chi connectivity index (χ0n) is 11.6. The number of tetrazole rings is 1. The van der Waals surface area contributed by atoms with Crippen molar-refractivity contribution in [3.63, 3.8) is 0 Å². The molecule has 0 spiro atoms. The van der Waals surface area contributed by atoms with Crippen molar-refractivity contribution in [2.45, 2.75) is 39.2 Å². The first-order chi connectivity index (χ1) is 9.19. The van der Waals surface area contributed by atoms with E-state index in [1.165, 1.54) is 11.1 Å². The second kappa shape index (κ2) is 6.43. The molecule has 0 atom stereocenters. The summed E-state index contributed by atoms with van der Waals surface area (Å²) in [6, 6.07) is 8.75. The summed E-state index contributed by atoms with van der Waals surface area (Å²) in [5.41, 5.74) is 8.12. The summed E-state index contributed by atoms with van der Waals surface area (Å²) in [5.74, 6) is 1.35. The van der Waals surface area contributed by atoms with Crippen LogP contribution in [0.15, 0.2) is 24.3 Å². The Morgan fingerprint density at radius 1 is 1.16 bits per heavy atom. The van der Waals surface area contributed by atoms with Gasteiger partial charge in [-0.3, -0.25) is 0 Å². The lowest BCUT2D eigenvalue weighted by molar-refractivity contribution is 0.528. The smallest absolute Gasteiger partial charge is 0.175 e. The van der Waals surface area contributed by atoms with E-state index in [9.17, 15) is 0 Å². The molecule has 0 saturated heterocycles. The molecule has 2 N–H and O–H groups in total. The Bertz CT molecular complexity index is 501. The van der Waals surface area contributed by atoms with Gasteiger partial charge in [0.2, 0.25) is 0 Å². The minimum Gasteiger partial charge on any atom is -0.329 e. The Morgan fingerprint density at radius 3 is 2.53 bits per heavy atom. The Morgan fingerprint density at radius 2 is 1.89 bits per heavy atom. The van der Waals surface area contributed by atoms with Crippen LogP contribution < -0.4 is 5.73 Å². The lowest BCUT2D eigenvalue weighted by atomic mass is 10.0. The Hall–Kier alpha value is -1.75. The van der Waals surface area contributed by atoms with Crippen LogP contribution in [0.3, 0.4) is 0 Å². The average molecular weight is 259 g/mol. The highest BCUT2D eigenvalue weighted by atomic mass is 15.6. The monoisotopic (exact) mass is 259 g/mol. The van der Waals surface area contributed by atoms with Crippen LogP contribution in [0.1, 0.15) is 36.7 Å². The molecule has 0 saturated carbocycles. The number of hydrogen-bond acceptors (Lipinski definition) is 4. The molecule has 19 heavy (non-hydrogen) atoms. The molecule has 0 unspecified atom stereocenters. The van der Waals surface area contributed by atoms with Crippen LogP contribution >= 0.6 is 0 Å². The van der Waals surface area contributed by atoms with Gasteiger partial charge in [0.1, 0.15) is 0 Å². The topological polar surface area (TPSA) is 69.6 Å². The van der Waals surface area contributed by atoms with Gasteiger partial charge in [-0.2, -0.15) is 4.80 Å². The van der Waals surface area contributed by atoms with Crippen molar-refractivity contribution in [2.75, 3.05) is 6.54 Å². The maximum atomic E-state index is 5.44. The highest BCUT2D eigenvalue weighted by Gasteiger charge is 2.04. The highest BCUT2D eigenvalue weighted by molar-refractivity contribution is 5.24. The first-order valence-electron chi connectivity index (χ1n) is 6.74. The van der Waals surface area contributed by atoms with Gasteiger partial charge in [0.05, 0.1) is 6.54 Å². The van der Waals surface area contributed by atoms with Crippen molar-refractivity contribution in [3.8, 4) is 0 Å². The molecule has 2 aromatic rings. The van der Waals surface area contributed by atoms with Crippen LogP contribution in [0.2, 0.25) is 0 Å². The molecule has 0 fully saturated rings. The standard InChI is InChI=1S/C14H21N5/c1-11(2)13-6-3-12(4-7-13)5-8-14-16-18-19(17-14)10-9-15/h3-4,6-7,11H,5,8-10,15H2,1-2H3. The third-order valence-corrected chi connectivity index (χ3v) is 3.11. The Balaban J connectivity index is 1.90. The van der Waals surface area contributed by atoms with Gasteiger partial charge < -0.3 is 5.73 Å². The number of nitrogens with two attached hydrogens (primary N) is 1. The zero-order chi connectivity index (χ0) is 13.7. The molecule has 5 nitrogen and oxygen atoms in total. The van der Waals surface area contributed by atoms with Crippen molar-refractivity contribution in [1.29, 1.82) is 0 Å². The third-order valence-electron chi connectivity index (χ3n) is 3.11. The van der Waals surface area contributed by atoms with E-state index in [2.05, 4.69) is 53.5 Å². The van der Waals surface area contributed by atoms with Crippen molar-refractivity contribution in [3.05, 3.63) is 41.2 Å². The van der Waals surface area contributed by atoms with E-state index in [0.29, 0.717) is 19.0 Å². The second-order valence-corrected chi connectivity index (χ2v) is 4.99. The molecule has 1 aromatic carbocycles. The van der Waals surface area contributed by atoms with Crippen LogP contribution in [0.25, 0.3) is 0 Å². The fraction of sp³-hybridized carbons (Fsp3) is 0.500. The minimum atomic E-state index is 0.534. The van der Waals surface area contributed by atoms with E-state index < -0.39 is 0 Å². The van der Waals surface area contributed by atoms with Crippen molar-refractivity contribution in [1.82, 2.24) is 20.2 Å². The average Bonchev–Trinajstić information content (AvgIpc) is 2.85. The van der Waals surface area contributed by atoms with Gasteiger partial charge in [0.15, 0.2) is 5.82 Å². The van der Waals surface area contributed by atoms with Crippen LogP contribution in [0.5, 0.6) is 0 Å². The maximum Gasteiger partial charge on any atom is 0.175 e. The quantitative estimate of drug-likeness (QED) is 0.854. The SMILES string of the molecule is CC(C)c1ccc(CCc2nnn(CCN)n2)cc1. The first-order valence-corrected chi connectivity index (χ1v) is 6.74. The summed E-state index contributed by atoms with van der Waals surface area (Å²) in [4.78, 5) is 1.55. The number of aromatic nitrogens is 4. The molecule has 0 bridgehead atoms. The van der Waals surface area contributed by atoms with E-state index in [0.717, 1.165) is 18.7 Å². The van der Waals surface area contributed by atoms with Crippen molar-refractivity contribution >= 4 is 0 Å². The van der Waals surface area contributed by atoms with Crippen molar-refractivity contribution in [2.24, 2.45) is 5.73 Å². The van der Waals surface area contributed by atoms with E-state index in [4.69, 9.17) is 5.73 Å². The van der Waals surface area contributed by atoms with Crippen LogP contribution in [0.4, 0.5) is 0 Å². The fourth-order valence-electron chi connectivity index (χ4n) is 1.91. The molecule has 1 heterocycles. The molecule has 0 aliphatic carbocycles. The van der Waals surface area contributed by atoms with E-state index in [-0.39, 0.29) is 0 Å². The molecule has 2 rings (SSSR count). The molecule has 1 aromatic heterocycles. The van der Waals surface area contributed by atoms with Gasteiger partial charge in [-0.15, -0.1) is 10.2 Å². The Labute approximate surface area is 113 Å². The molecular formula is C14H21N5. The van der Waals surface area contributed by atoms with Gasteiger partial charge in [-0.1, -0.05) is 38.1 Å². The largest absolute Gasteiger partial charge is 0.329 e. The number of nitrogens with zero attached hydrogens (tertiary/aromatic N) is 4. The van der Waals surface area contributed by atoms with Gasteiger partial charge >= 0.3 is 0 Å². The van der Waals surface area contributed by atoms with E-state index >= 15 is 0 Å². The second-order valence-electron chi connectivity index (χ2n) is 4.99.